The van der Waals surface area contributed by atoms with Gasteiger partial charge in [-0.15, -0.1) is 0 Å². The summed E-state index contributed by atoms with van der Waals surface area (Å²) < 4.78 is 0. The molecule has 3 unspecified atom stereocenters. The van der Waals surface area contributed by atoms with Gasteiger partial charge in [-0.1, -0.05) is 58.0 Å². The number of hydrogen-bond donors (Lipinski definition) is 2. The second kappa shape index (κ2) is 10.1. The van der Waals surface area contributed by atoms with Gasteiger partial charge in [-0.2, -0.15) is 0 Å². The first kappa shape index (κ1) is 20.2. The SMILES string of the molecule is CC(C)CCCNC(=O)C(CC(C)c1ccccc1)C(C)C(=O)O. The van der Waals surface area contributed by atoms with Crippen molar-refractivity contribution >= 4 is 11.9 Å². The van der Waals surface area contributed by atoms with E-state index in [0.29, 0.717) is 18.9 Å². The third kappa shape index (κ3) is 6.73. The second-order valence-corrected chi connectivity index (χ2v) is 7.11. The number of carboxylic acid groups (broad SMARTS) is 1. The van der Waals surface area contributed by atoms with Crippen LogP contribution < -0.4 is 5.32 Å². The number of benzene rings is 1. The molecule has 0 fully saturated rings. The lowest BCUT2D eigenvalue weighted by Crippen LogP contribution is -2.38. The highest BCUT2D eigenvalue weighted by Gasteiger charge is 2.31. The quantitative estimate of drug-likeness (QED) is 0.634. The van der Waals surface area contributed by atoms with Crippen molar-refractivity contribution in [3.05, 3.63) is 35.9 Å². The molecule has 0 aliphatic heterocycles. The molecule has 2 N–H and O–H groups in total. The van der Waals surface area contributed by atoms with Crippen molar-refractivity contribution in [1.29, 1.82) is 0 Å². The van der Waals surface area contributed by atoms with E-state index in [1.54, 1.807) is 6.92 Å². The first-order valence-corrected chi connectivity index (χ1v) is 8.88. The van der Waals surface area contributed by atoms with Crippen molar-refractivity contribution in [2.24, 2.45) is 17.8 Å². The monoisotopic (exact) mass is 333 g/mol. The first-order valence-electron chi connectivity index (χ1n) is 8.88. The van der Waals surface area contributed by atoms with Crippen molar-refractivity contribution in [1.82, 2.24) is 5.32 Å². The largest absolute Gasteiger partial charge is 0.481 e. The van der Waals surface area contributed by atoms with Crippen molar-refractivity contribution in [2.75, 3.05) is 6.54 Å². The van der Waals surface area contributed by atoms with Crippen LogP contribution >= 0.6 is 0 Å². The Morgan fingerprint density at radius 2 is 1.71 bits per heavy atom. The van der Waals surface area contributed by atoms with Gasteiger partial charge >= 0.3 is 5.97 Å². The summed E-state index contributed by atoms with van der Waals surface area (Å²) in [5.74, 6) is -1.53. The summed E-state index contributed by atoms with van der Waals surface area (Å²) in [5.41, 5.74) is 1.13. The summed E-state index contributed by atoms with van der Waals surface area (Å²) in [6.45, 7) is 8.58. The van der Waals surface area contributed by atoms with E-state index in [1.165, 1.54) is 0 Å². The maximum Gasteiger partial charge on any atom is 0.307 e. The number of hydrogen-bond acceptors (Lipinski definition) is 2. The van der Waals surface area contributed by atoms with Crippen molar-refractivity contribution in [2.45, 2.75) is 52.9 Å². The molecule has 0 saturated heterocycles. The van der Waals surface area contributed by atoms with Crippen LogP contribution in [0.2, 0.25) is 0 Å². The van der Waals surface area contributed by atoms with E-state index in [0.717, 1.165) is 18.4 Å². The maximum atomic E-state index is 12.5. The summed E-state index contributed by atoms with van der Waals surface area (Å²) in [6.07, 6.45) is 2.51. The lowest BCUT2D eigenvalue weighted by atomic mass is 9.82. The summed E-state index contributed by atoms with van der Waals surface area (Å²) in [6, 6.07) is 9.93. The molecule has 1 aromatic carbocycles. The van der Waals surface area contributed by atoms with Gasteiger partial charge in [0.1, 0.15) is 0 Å². The highest BCUT2D eigenvalue weighted by Crippen LogP contribution is 2.28. The summed E-state index contributed by atoms with van der Waals surface area (Å²) in [5, 5.41) is 12.3. The Hall–Kier alpha value is -1.84. The zero-order chi connectivity index (χ0) is 18.1. The molecule has 0 radical (unpaired) electrons. The lowest BCUT2D eigenvalue weighted by Gasteiger charge is -2.24. The minimum absolute atomic E-state index is 0.138. The average molecular weight is 333 g/mol. The molecule has 0 heterocycles. The van der Waals surface area contributed by atoms with Crippen LogP contribution in [-0.2, 0) is 9.59 Å². The number of carbonyl (C=O) groups is 2. The van der Waals surface area contributed by atoms with Crippen LogP contribution in [0.5, 0.6) is 0 Å². The molecule has 0 aliphatic carbocycles. The number of carbonyl (C=O) groups excluding carboxylic acids is 1. The zero-order valence-electron chi connectivity index (χ0n) is 15.3. The number of nitrogens with one attached hydrogen (secondary N) is 1. The lowest BCUT2D eigenvalue weighted by molar-refractivity contribution is -0.146. The van der Waals surface area contributed by atoms with Crippen LogP contribution in [0.25, 0.3) is 0 Å². The smallest absolute Gasteiger partial charge is 0.307 e. The van der Waals surface area contributed by atoms with Gasteiger partial charge in [0.05, 0.1) is 11.8 Å². The predicted molar refractivity (Wildman–Crippen MR) is 96.8 cm³/mol. The van der Waals surface area contributed by atoms with Gasteiger partial charge in [-0.3, -0.25) is 9.59 Å². The third-order valence-corrected chi connectivity index (χ3v) is 4.56. The van der Waals surface area contributed by atoms with E-state index >= 15 is 0 Å². The van der Waals surface area contributed by atoms with Crippen molar-refractivity contribution in [3.63, 3.8) is 0 Å². The van der Waals surface area contributed by atoms with Crippen LogP contribution in [0.4, 0.5) is 0 Å². The third-order valence-electron chi connectivity index (χ3n) is 4.56. The van der Waals surface area contributed by atoms with Crippen LogP contribution in [0.15, 0.2) is 30.3 Å². The zero-order valence-corrected chi connectivity index (χ0v) is 15.3. The molecule has 134 valence electrons. The standard InChI is InChI=1S/C20H31NO3/c1-14(2)9-8-12-21-19(22)18(16(4)20(23)24)13-15(3)17-10-6-5-7-11-17/h5-7,10-11,14-16,18H,8-9,12-13H2,1-4H3,(H,21,22)(H,23,24). The summed E-state index contributed by atoms with van der Waals surface area (Å²) >= 11 is 0. The molecule has 0 bridgehead atoms. The molecule has 24 heavy (non-hydrogen) atoms. The molecule has 4 nitrogen and oxygen atoms in total. The number of amides is 1. The molecule has 4 heteroatoms. The van der Waals surface area contributed by atoms with Gasteiger partial charge in [0.2, 0.25) is 5.91 Å². The Morgan fingerprint density at radius 1 is 1.08 bits per heavy atom. The van der Waals surface area contributed by atoms with Gasteiger partial charge in [-0.25, -0.2) is 0 Å². The topological polar surface area (TPSA) is 66.4 Å². The van der Waals surface area contributed by atoms with Crippen molar-refractivity contribution in [3.8, 4) is 0 Å². The normalized spacial score (nSPS) is 14.9. The van der Waals surface area contributed by atoms with Crippen LogP contribution in [0, 0.1) is 17.8 Å². The number of aliphatic carboxylic acids is 1. The highest BCUT2D eigenvalue weighted by atomic mass is 16.4. The fraction of sp³-hybridized carbons (Fsp3) is 0.600. The minimum Gasteiger partial charge on any atom is -0.481 e. The molecule has 1 rings (SSSR count). The molecule has 0 aliphatic rings. The van der Waals surface area contributed by atoms with E-state index in [4.69, 9.17) is 0 Å². The molecule has 0 aromatic heterocycles. The van der Waals surface area contributed by atoms with Gasteiger partial charge in [0.25, 0.3) is 0 Å². The second-order valence-electron chi connectivity index (χ2n) is 7.11. The van der Waals surface area contributed by atoms with E-state index in [2.05, 4.69) is 19.2 Å². The predicted octanol–water partition coefficient (Wildman–Crippen LogP) is 4.07. The van der Waals surface area contributed by atoms with Gasteiger partial charge < -0.3 is 10.4 Å². The van der Waals surface area contributed by atoms with E-state index in [-0.39, 0.29) is 11.8 Å². The maximum absolute atomic E-state index is 12.5. The molecular weight excluding hydrogens is 302 g/mol. The number of rotatable bonds is 10. The molecule has 0 spiro atoms. The molecule has 3 atom stereocenters. The fourth-order valence-electron chi connectivity index (χ4n) is 2.86. The Balaban J connectivity index is 2.69. The van der Waals surface area contributed by atoms with Gasteiger partial charge in [-0.05, 0) is 36.7 Å². The van der Waals surface area contributed by atoms with E-state index in [9.17, 15) is 14.7 Å². The Bertz CT molecular complexity index is 513. The first-order chi connectivity index (χ1) is 11.3. The Kier molecular flexibility index (Phi) is 8.51. The molecule has 1 amide bonds. The van der Waals surface area contributed by atoms with Crippen molar-refractivity contribution < 1.29 is 14.7 Å². The fourth-order valence-corrected chi connectivity index (χ4v) is 2.86. The summed E-state index contributed by atoms with van der Waals surface area (Å²) in [4.78, 5) is 23.9. The Labute approximate surface area is 145 Å². The minimum atomic E-state index is -0.919. The average Bonchev–Trinajstić information content (AvgIpc) is 2.56. The van der Waals surface area contributed by atoms with Gasteiger partial charge in [0.15, 0.2) is 0 Å². The van der Waals surface area contributed by atoms with E-state index in [1.807, 2.05) is 37.3 Å². The summed E-state index contributed by atoms with van der Waals surface area (Å²) in [7, 11) is 0. The Morgan fingerprint density at radius 3 is 2.25 bits per heavy atom. The highest BCUT2D eigenvalue weighted by molar-refractivity contribution is 5.84. The molecular formula is C20H31NO3. The molecule has 0 saturated carbocycles. The van der Waals surface area contributed by atoms with E-state index < -0.39 is 17.8 Å². The van der Waals surface area contributed by atoms with Crippen LogP contribution in [0.3, 0.4) is 0 Å². The molecule has 1 aromatic rings. The number of carboxylic acids is 1. The van der Waals surface area contributed by atoms with Gasteiger partial charge in [0, 0.05) is 6.54 Å². The van der Waals surface area contributed by atoms with Crippen LogP contribution in [0.1, 0.15) is 58.4 Å². The van der Waals surface area contributed by atoms with Crippen LogP contribution in [-0.4, -0.2) is 23.5 Å².